The highest BCUT2D eigenvalue weighted by atomic mass is 32.2. The molecule has 0 aromatic heterocycles. The van der Waals surface area contributed by atoms with Crippen molar-refractivity contribution in [2.24, 2.45) is 0 Å². The summed E-state index contributed by atoms with van der Waals surface area (Å²) in [5.41, 5.74) is -0.775. The fourth-order valence-corrected chi connectivity index (χ4v) is 1.36. The van der Waals surface area contributed by atoms with Crippen LogP contribution in [0.5, 0.6) is 0 Å². The Balaban J connectivity index is 4.26. The second-order valence-corrected chi connectivity index (χ2v) is 5.15. The van der Waals surface area contributed by atoms with Gasteiger partial charge in [-0.1, -0.05) is 11.8 Å². The Kier molecular flexibility index (Phi) is 6.22. The van der Waals surface area contributed by atoms with Crippen LogP contribution in [0.25, 0.3) is 0 Å². The van der Waals surface area contributed by atoms with Crippen LogP contribution in [0.1, 0.15) is 20.8 Å². The molecule has 0 rings (SSSR count). The predicted molar refractivity (Wildman–Crippen MR) is 59.3 cm³/mol. The van der Waals surface area contributed by atoms with E-state index >= 15 is 0 Å². The van der Waals surface area contributed by atoms with Gasteiger partial charge in [-0.3, -0.25) is 0 Å². The maximum Gasteiger partial charge on any atom is 0.408 e. The minimum Gasteiger partial charge on any atom is -0.480 e. The molecule has 0 bridgehead atoms. The Morgan fingerprint density at radius 3 is 2.29 bits per heavy atom. The van der Waals surface area contributed by atoms with E-state index in [4.69, 9.17) is 9.84 Å². The number of carbonyl (C=O) groups is 2. The van der Waals surface area contributed by atoms with Gasteiger partial charge >= 0.3 is 12.1 Å². The maximum atomic E-state index is 11.9. The number of hydrogen-bond acceptors (Lipinski definition) is 4. The van der Waals surface area contributed by atoms with Crippen LogP contribution in [-0.4, -0.2) is 40.3 Å². The number of halogens is 2. The molecule has 0 saturated carbocycles. The Morgan fingerprint density at radius 2 is 1.94 bits per heavy atom. The fraction of sp³-hybridized carbons (Fsp3) is 0.778. The molecule has 0 aliphatic heterocycles. The van der Waals surface area contributed by atoms with Crippen LogP contribution in [-0.2, 0) is 9.53 Å². The molecule has 0 spiro atoms. The van der Waals surface area contributed by atoms with E-state index in [2.05, 4.69) is 0 Å². The van der Waals surface area contributed by atoms with Crippen LogP contribution in [0, 0.1) is 0 Å². The molecule has 0 aliphatic carbocycles. The van der Waals surface area contributed by atoms with E-state index in [0.717, 1.165) is 0 Å². The minimum absolute atomic E-state index is 0.143. The van der Waals surface area contributed by atoms with Gasteiger partial charge in [0, 0.05) is 5.75 Å². The zero-order valence-corrected chi connectivity index (χ0v) is 10.5. The largest absolute Gasteiger partial charge is 0.480 e. The van der Waals surface area contributed by atoms with Crippen molar-refractivity contribution in [2.75, 3.05) is 5.75 Å². The van der Waals surface area contributed by atoms with Gasteiger partial charge in [-0.2, -0.15) is 8.78 Å². The number of alkyl carbamates (subject to hydrolysis) is 1. The number of alkyl halides is 2. The summed E-state index contributed by atoms with van der Waals surface area (Å²) >= 11 is 0.143. The average Bonchev–Trinajstić information content (AvgIpc) is 2.08. The molecule has 2 N–H and O–H groups in total. The fourth-order valence-electron chi connectivity index (χ4n) is 0.793. The molecule has 1 amide bonds. The summed E-state index contributed by atoms with van der Waals surface area (Å²) in [6.07, 6.45) is -0.945. The highest BCUT2D eigenvalue weighted by Gasteiger charge is 2.24. The highest BCUT2D eigenvalue weighted by Crippen LogP contribution is 2.15. The van der Waals surface area contributed by atoms with E-state index in [0.29, 0.717) is 0 Å². The van der Waals surface area contributed by atoms with Crippen molar-refractivity contribution in [1.29, 1.82) is 0 Å². The number of hydrogen-bond donors (Lipinski definition) is 2. The summed E-state index contributed by atoms with van der Waals surface area (Å²) < 4.78 is 28.6. The van der Waals surface area contributed by atoms with Crippen LogP contribution < -0.4 is 5.32 Å². The quantitative estimate of drug-likeness (QED) is 0.799. The van der Waals surface area contributed by atoms with Crippen molar-refractivity contribution in [3.8, 4) is 0 Å². The lowest BCUT2D eigenvalue weighted by Gasteiger charge is -2.21. The lowest BCUT2D eigenvalue weighted by Crippen LogP contribution is -2.45. The van der Waals surface area contributed by atoms with Gasteiger partial charge in [0.1, 0.15) is 11.6 Å². The zero-order valence-electron chi connectivity index (χ0n) is 9.70. The molecule has 0 aromatic carbocycles. The van der Waals surface area contributed by atoms with Crippen molar-refractivity contribution in [2.45, 2.75) is 38.2 Å². The van der Waals surface area contributed by atoms with Crippen molar-refractivity contribution >= 4 is 23.8 Å². The molecule has 0 fully saturated rings. The summed E-state index contributed by atoms with van der Waals surface area (Å²) in [5.74, 6) is -4.49. The number of carbonyl (C=O) groups excluding carboxylic acids is 1. The molecule has 0 saturated heterocycles. The summed E-state index contributed by atoms with van der Waals surface area (Å²) in [4.78, 5) is 21.9. The molecule has 0 unspecified atom stereocenters. The number of amides is 1. The number of carboxylic acids is 1. The Bertz CT molecular complexity index is 281. The molecule has 5 nitrogen and oxygen atoms in total. The predicted octanol–water partition coefficient (Wildman–Crippen LogP) is 1.92. The van der Waals surface area contributed by atoms with Gasteiger partial charge in [0.25, 0.3) is 5.76 Å². The molecule has 0 aromatic rings. The van der Waals surface area contributed by atoms with Crippen LogP contribution in [0.15, 0.2) is 0 Å². The van der Waals surface area contributed by atoms with Crippen molar-refractivity contribution < 1.29 is 28.2 Å². The monoisotopic (exact) mass is 271 g/mol. The van der Waals surface area contributed by atoms with E-state index < -0.39 is 35.2 Å². The molecular formula is C9H15F2NO4S. The third-order valence-corrected chi connectivity index (χ3v) is 2.16. The van der Waals surface area contributed by atoms with Gasteiger partial charge in [0.2, 0.25) is 0 Å². The molecule has 0 radical (unpaired) electrons. The highest BCUT2D eigenvalue weighted by molar-refractivity contribution is 7.99. The number of nitrogens with one attached hydrogen (secondary N) is 1. The topological polar surface area (TPSA) is 75.6 Å². The smallest absolute Gasteiger partial charge is 0.408 e. The van der Waals surface area contributed by atoms with Crippen molar-refractivity contribution in [3.63, 3.8) is 0 Å². The molecule has 1 atom stereocenters. The molecule has 17 heavy (non-hydrogen) atoms. The third-order valence-electron chi connectivity index (χ3n) is 1.38. The Labute approximate surface area is 102 Å². The number of carboxylic acid groups (broad SMARTS) is 1. The Hall–Kier alpha value is -1.05. The number of rotatable bonds is 5. The van der Waals surface area contributed by atoms with Crippen molar-refractivity contribution in [1.82, 2.24) is 5.32 Å². The van der Waals surface area contributed by atoms with Crippen LogP contribution >= 0.6 is 11.8 Å². The third kappa shape index (κ3) is 8.73. The van der Waals surface area contributed by atoms with Gasteiger partial charge in [-0.05, 0) is 20.8 Å². The number of aliphatic carboxylic acids is 1. The van der Waals surface area contributed by atoms with Crippen molar-refractivity contribution in [3.05, 3.63) is 0 Å². The molecule has 8 heteroatoms. The lowest BCUT2D eigenvalue weighted by atomic mass is 10.2. The average molecular weight is 271 g/mol. The number of ether oxygens (including phenoxy) is 1. The first-order valence-electron chi connectivity index (χ1n) is 4.74. The summed E-state index contributed by atoms with van der Waals surface area (Å²) in [6.45, 7) is 4.82. The summed E-state index contributed by atoms with van der Waals surface area (Å²) in [5, 5.41) is 10.7. The second-order valence-electron chi connectivity index (χ2n) is 4.13. The zero-order chi connectivity index (χ0) is 13.6. The van der Waals surface area contributed by atoms with Crippen LogP contribution in [0.3, 0.4) is 0 Å². The van der Waals surface area contributed by atoms with E-state index in [-0.39, 0.29) is 11.8 Å². The summed E-state index contributed by atoms with van der Waals surface area (Å²) in [7, 11) is 0. The van der Waals surface area contributed by atoms with Gasteiger partial charge in [-0.15, -0.1) is 0 Å². The molecule has 0 heterocycles. The first kappa shape index (κ1) is 16.0. The van der Waals surface area contributed by atoms with E-state index in [1.807, 2.05) is 5.32 Å². The Morgan fingerprint density at radius 1 is 1.41 bits per heavy atom. The number of thioether (sulfide) groups is 1. The van der Waals surface area contributed by atoms with Gasteiger partial charge in [0.05, 0.1) is 0 Å². The SMILES string of the molecule is CC(C)(C)OC(=O)N[C@H](CSC(F)F)C(=O)O. The first-order chi connectivity index (χ1) is 7.61. The maximum absolute atomic E-state index is 11.9. The molecular weight excluding hydrogens is 256 g/mol. The second kappa shape index (κ2) is 6.63. The molecule has 0 aliphatic rings. The first-order valence-corrected chi connectivity index (χ1v) is 5.79. The molecule has 100 valence electrons. The van der Waals surface area contributed by atoms with Gasteiger partial charge < -0.3 is 15.2 Å². The van der Waals surface area contributed by atoms with Crippen LogP contribution in [0.2, 0.25) is 0 Å². The van der Waals surface area contributed by atoms with Gasteiger partial charge in [-0.25, -0.2) is 9.59 Å². The summed E-state index contributed by atoms with van der Waals surface area (Å²) in [6, 6.07) is -1.40. The van der Waals surface area contributed by atoms with E-state index in [1.165, 1.54) is 0 Å². The van der Waals surface area contributed by atoms with Gasteiger partial charge in [0.15, 0.2) is 0 Å². The van der Waals surface area contributed by atoms with E-state index in [1.54, 1.807) is 20.8 Å². The van der Waals surface area contributed by atoms with Crippen LogP contribution in [0.4, 0.5) is 13.6 Å². The minimum atomic E-state index is -2.68. The van der Waals surface area contributed by atoms with E-state index in [9.17, 15) is 18.4 Å². The lowest BCUT2D eigenvalue weighted by molar-refractivity contribution is -0.138. The normalized spacial score (nSPS) is 13.3. The standard InChI is InChI=1S/C9H15F2NO4S/c1-9(2,3)16-8(15)12-5(6(13)14)4-17-7(10)11/h5,7H,4H2,1-3H3,(H,12,15)(H,13,14)/t5-/m1/s1.